The number of nitrogens with one attached hydrogen (secondary N) is 1. The Morgan fingerprint density at radius 1 is 1.33 bits per heavy atom. The Hall–Kier alpha value is 0.270. The zero-order valence-corrected chi connectivity index (χ0v) is 8.54. The molecule has 0 saturated carbocycles. The molecule has 1 heterocycles. The Morgan fingerprint density at radius 3 is 2.75 bits per heavy atom. The van der Waals surface area contributed by atoms with Crippen molar-refractivity contribution >= 4 is 11.8 Å². The zero-order chi connectivity index (χ0) is 8.65. The Balaban J connectivity index is 1.91. The third kappa shape index (κ3) is 4.33. The van der Waals surface area contributed by atoms with E-state index in [2.05, 4.69) is 17.1 Å². The lowest BCUT2D eigenvalue weighted by Gasteiger charge is -2.21. The Morgan fingerprint density at radius 2 is 2.08 bits per heavy atom. The second-order valence-corrected chi connectivity index (χ2v) is 4.63. The van der Waals surface area contributed by atoms with Gasteiger partial charge in [-0.3, -0.25) is 0 Å². The molecule has 1 aliphatic rings. The molecule has 0 unspecified atom stereocenters. The number of thioether (sulfide) groups is 1. The van der Waals surface area contributed by atoms with Crippen molar-refractivity contribution in [3.63, 3.8) is 0 Å². The maximum atomic E-state index is 5.40. The molecule has 1 aliphatic heterocycles. The Bertz CT molecular complexity index is 103. The molecule has 0 radical (unpaired) electrons. The lowest BCUT2D eigenvalue weighted by Crippen LogP contribution is -2.27. The van der Waals surface area contributed by atoms with Crippen LogP contribution in [0.2, 0.25) is 0 Å². The summed E-state index contributed by atoms with van der Waals surface area (Å²) in [5.41, 5.74) is 5.40. The van der Waals surface area contributed by atoms with Crippen LogP contribution in [0, 0.1) is 5.92 Å². The normalized spacial score (nSPS) is 19.8. The van der Waals surface area contributed by atoms with Gasteiger partial charge in [-0.25, -0.2) is 0 Å². The van der Waals surface area contributed by atoms with Gasteiger partial charge in [-0.05, 0) is 56.3 Å². The molecular formula is C9H20N2S. The third-order valence-corrected chi connectivity index (χ3v) is 3.38. The quantitative estimate of drug-likeness (QED) is 0.634. The van der Waals surface area contributed by atoms with Crippen LogP contribution in [0.4, 0.5) is 0 Å². The molecule has 1 fully saturated rings. The lowest BCUT2D eigenvalue weighted by atomic mass is 10.0. The van der Waals surface area contributed by atoms with E-state index in [-0.39, 0.29) is 0 Å². The van der Waals surface area contributed by atoms with E-state index in [1.807, 2.05) is 0 Å². The van der Waals surface area contributed by atoms with Crippen LogP contribution in [-0.4, -0.2) is 31.1 Å². The summed E-state index contributed by atoms with van der Waals surface area (Å²) in [5, 5.41) is 3.47. The summed E-state index contributed by atoms with van der Waals surface area (Å²) in [6.07, 6.45) is 3.92. The molecule has 12 heavy (non-hydrogen) atoms. The van der Waals surface area contributed by atoms with Crippen LogP contribution < -0.4 is 11.1 Å². The summed E-state index contributed by atoms with van der Waals surface area (Å²) in [6, 6.07) is 0. The Labute approximate surface area is 79.7 Å². The highest BCUT2D eigenvalue weighted by Crippen LogP contribution is 2.21. The van der Waals surface area contributed by atoms with Crippen LogP contribution in [0.5, 0.6) is 0 Å². The van der Waals surface area contributed by atoms with Crippen molar-refractivity contribution in [2.75, 3.05) is 31.1 Å². The van der Waals surface area contributed by atoms with E-state index in [1.165, 1.54) is 30.9 Å². The summed E-state index contributed by atoms with van der Waals surface area (Å²) >= 11 is 2.09. The summed E-state index contributed by atoms with van der Waals surface area (Å²) < 4.78 is 0. The molecule has 0 aliphatic carbocycles. The highest BCUT2D eigenvalue weighted by Gasteiger charge is 2.12. The minimum atomic E-state index is 0.813. The van der Waals surface area contributed by atoms with Crippen molar-refractivity contribution in [3.8, 4) is 0 Å². The number of rotatable bonds is 5. The van der Waals surface area contributed by atoms with Crippen molar-refractivity contribution in [1.82, 2.24) is 5.32 Å². The first-order chi connectivity index (χ1) is 5.93. The van der Waals surface area contributed by atoms with Crippen molar-refractivity contribution in [2.24, 2.45) is 11.7 Å². The van der Waals surface area contributed by atoms with Gasteiger partial charge >= 0.3 is 0 Å². The van der Waals surface area contributed by atoms with Crippen molar-refractivity contribution in [2.45, 2.75) is 19.3 Å². The van der Waals surface area contributed by atoms with E-state index < -0.39 is 0 Å². The topological polar surface area (TPSA) is 38.0 Å². The van der Waals surface area contributed by atoms with E-state index in [0.29, 0.717) is 0 Å². The van der Waals surface area contributed by atoms with Crippen LogP contribution in [0.15, 0.2) is 0 Å². The fraction of sp³-hybridized carbons (Fsp3) is 1.00. The number of nitrogens with two attached hydrogens (primary N) is 1. The monoisotopic (exact) mass is 188 g/mol. The molecule has 0 spiro atoms. The molecule has 0 aromatic rings. The summed E-state index contributed by atoms with van der Waals surface area (Å²) in [7, 11) is 0. The molecule has 0 atom stereocenters. The van der Waals surface area contributed by atoms with Gasteiger partial charge in [-0.15, -0.1) is 0 Å². The number of hydrogen-bond donors (Lipinski definition) is 2. The predicted octanol–water partition coefficient (Wildman–Crippen LogP) is 1.07. The molecule has 0 aromatic heterocycles. The van der Waals surface area contributed by atoms with E-state index in [4.69, 9.17) is 5.73 Å². The van der Waals surface area contributed by atoms with Gasteiger partial charge in [-0.1, -0.05) is 0 Å². The van der Waals surface area contributed by atoms with Crippen LogP contribution in [0.1, 0.15) is 19.3 Å². The van der Waals surface area contributed by atoms with E-state index in [1.54, 1.807) is 0 Å². The first-order valence-electron chi connectivity index (χ1n) is 4.92. The summed E-state index contributed by atoms with van der Waals surface area (Å²) in [4.78, 5) is 0. The van der Waals surface area contributed by atoms with Crippen LogP contribution in [0.3, 0.4) is 0 Å². The first kappa shape index (κ1) is 10.4. The van der Waals surface area contributed by atoms with E-state index in [9.17, 15) is 0 Å². The minimum absolute atomic E-state index is 0.813. The predicted molar refractivity (Wildman–Crippen MR) is 56.6 cm³/mol. The van der Waals surface area contributed by atoms with Crippen LogP contribution in [0.25, 0.3) is 0 Å². The van der Waals surface area contributed by atoms with Crippen molar-refractivity contribution < 1.29 is 0 Å². The molecule has 72 valence electrons. The fourth-order valence-electron chi connectivity index (χ4n) is 1.48. The smallest absolute Gasteiger partial charge is 0.00199 e. The maximum Gasteiger partial charge on any atom is -0.00199 e. The van der Waals surface area contributed by atoms with Crippen LogP contribution in [-0.2, 0) is 0 Å². The van der Waals surface area contributed by atoms with Gasteiger partial charge in [0.15, 0.2) is 0 Å². The molecule has 0 bridgehead atoms. The average Bonchev–Trinajstić information content (AvgIpc) is 2.14. The van der Waals surface area contributed by atoms with Crippen molar-refractivity contribution in [3.05, 3.63) is 0 Å². The molecule has 0 amide bonds. The second kappa shape index (κ2) is 6.75. The molecule has 2 nitrogen and oxygen atoms in total. The highest BCUT2D eigenvalue weighted by atomic mass is 32.2. The van der Waals surface area contributed by atoms with Gasteiger partial charge in [0, 0.05) is 0 Å². The first-order valence-corrected chi connectivity index (χ1v) is 6.07. The van der Waals surface area contributed by atoms with Gasteiger partial charge < -0.3 is 11.1 Å². The average molecular weight is 188 g/mol. The lowest BCUT2D eigenvalue weighted by molar-refractivity contribution is 0.447. The van der Waals surface area contributed by atoms with E-state index >= 15 is 0 Å². The third-order valence-electron chi connectivity index (χ3n) is 2.33. The Kier molecular flexibility index (Phi) is 5.82. The maximum absolute atomic E-state index is 5.40. The fourth-order valence-corrected chi connectivity index (χ4v) is 2.69. The largest absolute Gasteiger partial charge is 0.330 e. The van der Waals surface area contributed by atoms with Crippen molar-refractivity contribution in [1.29, 1.82) is 0 Å². The highest BCUT2D eigenvalue weighted by molar-refractivity contribution is 7.99. The van der Waals surface area contributed by atoms with Gasteiger partial charge in [-0.2, -0.15) is 11.8 Å². The van der Waals surface area contributed by atoms with Gasteiger partial charge in [0.1, 0.15) is 0 Å². The van der Waals surface area contributed by atoms with Gasteiger partial charge in [0.2, 0.25) is 0 Å². The number of hydrogen-bond acceptors (Lipinski definition) is 3. The SMILES string of the molecule is NCCCNCC1CCSCC1. The summed E-state index contributed by atoms with van der Waals surface area (Å²) in [6.45, 7) is 3.12. The van der Waals surface area contributed by atoms with Crippen LogP contribution >= 0.6 is 11.8 Å². The summed E-state index contributed by atoms with van der Waals surface area (Å²) in [5.74, 6) is 3.66. The molecular weight excluding hydrogens is 168 g/mol. The van der Waals surface area contributed by atoms with E-state index in [0.717, 1.165) is 25.4 Å². The van der Waals surface area contributed by atoms with Gasteiger partial charge in [0.25, 0.3) is 0 Å². The van der Waals surface area contributed by atoms with Gasteiger partial charge in [0.05, 0.1) is 0 Å². The molecule has 3 N–H and O–H groups in total. The minimum Gasteiger partial charge on any atom is -0.330 e. The molecule has 1 rings (SSSR count). The molecule has 3 heteroatoms. The zero-order valence-electron chi connectivity index (χ0n) is 7.72. The molecule has 1 saturated heterocycles. The molecule has 0 aromatic carbocycles. The second-order valence-electron chi connectivity index (χ2n) is 3.40. The standard InChI is InChI=1S/C9H20N2S/c10-4-1-5-11-8-9-2-6-12-7-3-9/h9,11H,1-8,10H2.